The number of nitrogens with zero attached hydrogens (tertiary/aromatic N) is 4. The summed E-state index contributed by atoms with van der Waals surface area (Å²) in [6, 6.07) is 7.83. The van der Waals surface area contributed by atoms with Gasteiger partial charge in [-0.3, -0.25) is 0 Å². The molecule has 1 heterocycles. The first-order valence-corrected chi connectivity index (χ1v) is 6.61. The molecule has 0 aliphatic rings. The van der Waals surface area contributed by atoms with Gasteiger partial charge in [-0.15, -0.1) is 0 Å². The standard InChI is InChI=1S/C14H20N6O/c1-15-12-17-13(19-14(18-12)20(2)3)16-9-10-7-5-6-8-11(10)21-4/h5-8H,9H2,1-4H3,(H2,15,16,17,18,19). The van der Waals surface area contributed by atoms with Crippen molar-refractivity contribution in [1.82, 2.24) is 15.0 Å². The molecule has 112 valence electrons. The van der Waals surface area contributed by atoms with Gasteiger partial charge in [-0.25, -0.2) is 0 Å². The van der Waals surface area contributed by atoms with E-state index in [1.165, 1.54) is 0 Å². The molecule has 2 N–H and O–H groups in total. The van der Waals surface area contributed by atoms with Crippen molar-refractivity contribution in [3.05, 3.63) is 29.8 Å². The van der Waals surface area contributed by atoms with E-state index in [0.717, 1.165) is 11.3 Å². The van der Waals surface area contributed by atoms with Gasteiger partial charge in [0, 0.05) is 33.3 Å². The predicted molar refractivity (Wildman–Crippen MR) is 84.0 cm³/mol. The first-order chi connectivity index (χ1) is 10.1. The van der Waals surface area contributed by atoms with Crippen molar-refractivity contribution in [2.24, 2.45) is 0 Å². The fourth-order valence-corrected chi connectivity index (χ4v) is 1.78. The molecule has 7 nitrogen and oxygen atoms in total. The third-order valence-electron chi connectivity index (χ3n) is 2.88. The summed E-state index contributed by atoms with van der Waals surface area (Å²) in [7, 11) is 7.21. The highest BCUT2D eigenvalue weighted by molar-refractivity contribution is 5.44. The Morgan fingerprint density at radius 2 is 1.81 bits per heavy atom. The minimum atomic E-state index is 0.518. The molecule has 0 aliphatic carbocycles. The van der Waals surface area contributed by atoms with Crippen LogP contribution in [-0.2, 0) is 6.54 Å². The Bertz CT molecular complexity index is 602. The molecule has 2 rings (SSSR count). The summed E-state index contributed by atoms with van der Waals surface area (Å²) in [5.41, 5.74) is 1.04. The number of rotatable bonds is 6. The van der Waals surface area contributed by atoms with E-state index in [0.29, 0.717) is 24.4 Å². The Kier molecular flexibility index (Phi) is 4.76. The van der Waals surface area contributed by atoms with E-state index in [1.54, 1.807) is 14.2 Å². The van der Waals surface area contributed by atoms with Crippen molar-refractivity contribution in [3.63, 3.8) is 0 Å². The van der Waals surface area contributed by atoms with E-state index in [2.05, 4.69) is 25.6 Å². The van der Waals surface area contributed by atoms with Crippen molar-refractivity contribution >= 4 is 17.8 Å². The molecule has 0 unspecified atom stereocenters. The van der Waals surface area contributed by atoms with Crippen molar-refractivity contribution in [1.29, 1.82) is 0 Å². The zero-order chi connectivity index (χ0) is 15.2. The monoisotopic (exact) mass is 288 g/mol. The second kappa shape index (κ2) is 6.74. The lowest BCUT2D eigenvalue weighted by Gasteiger charge is -2.14. The summed E-state index contributed by atoms with van der Waals surface area (Å²) in [6.07, 6.45) is 0. The van der Waals surface area contributed by atoms with Crippen LogP contribution >= 0.6 is 0 Å². The number of benzene rings is 1. The summed E-state index contributed by atoms with van der Waals surface area (Å²) >= 11 is 0. The van der Waals surface area contributed by atoms with Crippen molar-refractivity contribution in [2.75, 3.05) is 43.8 Å². The first-order valence-electron chi connectivity index (χ1n) is 6.61. The summed E-state index contributed by atoms with van der Waals surface area (Å²) in [6.45, 7) is 0.573. The number of hydrogen-bond acceptors (Lipinski definition) is 7. The average Bonchev–Trinajstić information content (AvgIpc) is 2.52. The molecule has 0 atom stereocenters. The zero-order valence-electron chi connectivity index (χ0n) is 12.7. The molecule has 21 heavy (non-hydrogen) atoms. The second-order valence-electron chi connectivity index (χ2n) is 4.59. The maximum absolute atomic E-state index is 5.33. The van der Waals surface area contributed by atoms with Crippen LogP contribution < -0.4 is 20.3 Å². The zero-order valence-corrected chi connectivity index (χ0v) is 12.7. The van der Waals surface area contributed by atoms with Crippen LogP contribution in [0.5, 0.6) is 5.75 Å². The molecule has 0 saturated carbocycles. The quantitative estimate of drug-likeness (QED) is 0.836. The Morgan fingerprint density at radius 1 is 1.10 bits per heavy atom. The third-order valence-corrected chi connectivity index (χ3v) is 2.88. The first kappa shape index (κ1) is 14.8. The van der Waals surface area contributed by atoms with Crippen molar-refractivity contribution < 1.29 is 4.74 Å². The molecule has 7 heteroatoms. The smallest absolute Gasteiger partial charge is 0.231 e. The van der Waals surface area contributed by atoms with E-state index < -0.39 is 0 Å². The van der Waals surface area contributed by atoms with Crippen LogP contribution in [0.1, 0.15) is 5.56 Å². The van der Waals surface area contributed by atoms with Gasteiger partial charge in [0.15, 0.2) is 0 Å². The Labute approximate surface area is 124 Å². The largest absolute Gasteiger partial charge is 0.496 e. The van der Waals surface area contributed by atoms with Crippen LogP contribution in [0.4, 0.5) is 17.8 Å². The van der Waals surface area contributed by atoms with Crippen LogP contribution in [0.2, 0.25) is 0 Å². The lowest BCUT2D eigenvalue weighted by molar-refractivity contribution is 0.410. The average molecular weight is 288 g/mol. The SMILES string of the molecule is CNc1nc(NCc2ccccc2OC)nc(N(C)C)n1. The van der Waals surface area contributed by atoms with Crippen LogP contribution in [0.15, 0.2) is 24.3 Å². The van der Waals surface area contributed by atoms with Gasteiger partial charge in [-0.1, -0.05) is 18.2 Å². The molecule has 0 spiro atoms. The molecule has 1 aromatic heterocycles. The molecule has 0 bridgehead atoms. The number of hydrogen-bond donors (Lipinski definition) is 2. The van der Waals surface area contributed by atoms with Gasteiger partial charge in [-0.2, -0.15) is 15.0 Å². The van der Waals surface area contributed by atoms with Gasteiger partial charge in [0.1, 0.15) is 5.75 Å². The highest BCUT2D eigenvalue weighted by atomic mass is 16.5. The summed E-state index contributed by atoms with van der Waals surface area (Å²) < 4.78 is 5.33. The number of methoxy groups -OCH3 is 1. The van der Waals surface area contributed by atoms with Gasteiger partial charge < -0.3 is 20.3 Å². The Balaban J connectivity index is 2.17. The fourth-order valence-electron chi connectivity index (χ4n) is 1.78. The van der Waals surface area contributed by atoms with Gasteiger partial charge in [-0.05, 0) is 6.07 Å². The molecule has 0 aliphatic heterocycles. The Morgan fingerprint density at radius 3 is 2.48 bits per heavy atom. The van der Waals surface area contributed by atoms with Gasteiger partial charge >= 0.3 is 0 Å². The molecule has 0 amide bonds. The van der Waals surface area contributed by atoms with Crippen LogP contribution in [-0.4, -0.2) is 43.2 Å². The topological polar surface area (TPSA) is 75.2 Å². The van der Waals surface area contributed by atoms with Gasteiger partial charge in [0.25, 0.3) is 0 Å². The minimum Gasteiger partial charge on any atom is -0.496 e. The number of anilines is 3. The lowest BCUT2D eigenvalue weighted by atomic mass is 10.2. The Hall–Kier alpha value is -2.57. The summed E-state index contributed by atoms with van der Waals surface area (Å²) in [4.78, 5) is 14.8. The molecule has 0 radical (unpaired) electrons. The fraction of sp³-hybridized carbons (Fsp3) is 0.357. The molecule has 2 aromatic rings. The van der Waals surface area contributed by atoms with Crippen LogP contribution in [0.3, 0.4) is 0 Å². The molecular formula is C14H20N6O. The van der Waals surface area contributed by atoms with Gasteiger partial charge in [0.05, 0.1) is 7.11 Å². The van der Waals surface area contributed by atoms with Crippen LogP contribution in [0.25, 0.3) is 0 Å². The van der Waals surface area contributed by atoms with E-state index in [-0.39, 0.29) is 0 Å². The number of nitrogens with one attached hydrogen (secondary N) is 2. The minimum absolute atomic E-state index is 0.518. The number of ether oxygens (including phenoxy) is 1. The molecule has 1 aromatic carbocycles. The second-order valence-corrected chi connectivity index (χ2v) is 4.59. The number of aromatic nitrogens is 3. The normalized spacial score (nSPS) is 10.1. The maximum Gasteiger partial charge on any atom is 0.231 e. The van der Waals surface area contributed by atoms with Crippen LogP contribution in [0, 0.1) is 0 Å². The third kappa shape index (κ3) is 3.71. The predicted octanol–water partition coefficient (Wildman–Crippen LogP) is 1.60. The van der Waals surface area contributed by atoms with E-state index in [4.69, 9.17) is 4.74 Å². The van der Waals surface area contributed by atoms with E-state index in [9.17, 15) is 0 Å². The van der Waals surface area contributed by atoms with E-state index >= 15 is 0 Å². The maximum atomic E-state index is 5.33. The van der Waals surface area contributed by atoms with E-state index in [1.807, 2.05) is 43.3 Å². The molecule has 0 saturated heterocycles. The summed E-state index contributed by atoms with van der Waals surface area (Å²) in [5, 5.41) is 6.13. The lowest BCUT2D eigenvalue weighted by Crippen LogP contribution is -2.16. The van der Waals surface area contributed by atoms with Gasteiger partial charge in [0.2, 0.25) is 17.8 Å². The highest BCUT2D eigenvalue weighted by Crippen LogP contribution is 2.18. The molecular weight excluding hydrogens is 268 g/mol. The number of para-hydroxylation sites is 1. The molecule has 0 fully saturated rings. The van der Waals surface area contributed by atoms with Crippen molar-refractivity contribution in [3.8, 4) is 5.75 Å². The highest BCUT2D eigenvalue weighted by Gasteiger charge is 2.08. The van der Waals surface area contributed by atoms with Crippen molar-refractivity contribution in [2.45, 2.75) is 6.54 Å². The summed E-state index contributed by atoms with van der Waals surface area (Å²) in [5.74, 6) is 2.47.